The van der Waals surface area contributed by atoms with Gasteiger partial charge in [0.15, 0.2) is 0 Å². The number of fused-ring (bicyclic) bond motifs is 2. The van der Waals surface area contributed by atoms with Gasteiger partial charge in [-0.2, -0.15) is 0 Å². The van der Waals surface area contributed by atoms with E-state index < -0.39 is 51.9 Å². The first-order valence-corrected chi connectivity index (χ1v) is 12.5. The molecule has 5 rings (SSSR count). The quantitative estimate of drug-likeness (QED) is 0.363. The van der Waals surface area contributed by atoms with Gasteiger partial charge in [-0.3, -0.25) is 14.4 Å². The second kappa shape index (κ2) is 9.02. The first-order chi connectivity index (χ1) is 17.2. The minimum Gasteiger partial charge on any atom is -0.480 e. The standard InChI is InChI=1S/C26H26N4O5S/c1-26(2)20(25(34)35)30-23(33)19(24(30)36-26)29-22(32)17(12-14-8-4-3-5-9-14)28-21(31)18-13-15-10-6-7-11-16(15)27-18/h3-11,13,17,19-20,24,27H,12H2,1-2H3,(H,28,31)(H,29,32)(H,34,35)/t17-,19+,20-,24+/m0/s1. The van der Waals surface area contributed by atoms with E-state index >= 15 is 0 Å². The zero-order valence-corrected chi connectivity index (χ0v) is 20.5. The molecule has 3 amide bonds. The van der Waals surface area contributed by atoms with Crippen LogP contribution >= 0.6 is 11.8 Å². The van der Waals surface area contributed by atoms with Crippen LogP contribution in [0.2, 0.25) is 0 Å². The number of aromatic amines is 1. The van der Waals surface area contributed by atoms with Crippen LogP contribution in [-0.4, -0.2) is 66.9 Å². The lowest BCUT2D eigenvalue weighted by Crippen LogP contribution is -2.71. The Morgan fingerprint density at radius 2 is 1.81 bits per heavy atom. The molecule has 2 fully saturated rings. The Morgan fingerprint density at radius 3 is 2.50 bits per heavy atom. The average Bonchev–Trinajstić information content (AvgIpc) is 3.39. The second-order valence-corrected chi connectivity index (χ2v) is 11.3. The molecule has 2 aliphatic heterocycles. The monoisotopic (exact) mass is 506 g/mol. The molecule has 0 spiro atoms. The number of carboxylic acids is 1. The molecule has 10 heteroatoms. The molecular weight excluding hydrogens is 480 g/mol. The number of carbonyl (C=O) groups excluding carboxylic acids is 3. The number of thioether (sulfide) groups is 1. The van der Waals surface area contributed by atoms with Crippen LogP contribution in [0.25, 0.3) is 10.9 Å². The third-order valence-corrected chi connectivity index (χ3v) is 8.22. The topological polar surface area (TPSA) is 132 Å². The highest BCUT2D eigenvalue weighted by Crippen LogP contribution is 2.50. The molecule has 0 saturated carbocycles. The Kier molecular flexibility index (Phi) is 5.99. The first-order valence-electron chi connectivity index (χ1n) is 11.6. The molecule has 0 radical (unpaired) electrons. The zero-order valence-electron chi connectivity index (χ0n) is 19.7. The summed E-state index contributed by atoms with van der Waals surface area (Å²) in [7, 11) is 0. The molecule has 4 N–H and O–H groups in total. The Bertz CT molecular complexity index is 1320. The van der Waals surface area contributed by atoms with Gasteiger partial charge in [-0.15, -0.1) is 11.8 Å². The molecule has 186 valence electrons. The van der Waals surface area contributed by atoms with E-state index in [4.69, 9.17) is 0 Å². The number of nitrogens with zero attached hydrogens (tertiary/aromatic N) is 1. The van der Waals surface area contributed by atoms with Gasteiger partial charge in [0, 0.05) is 22.1 Å². The number of nitrogens with one attached hydrogen (secondary N) is 3. The first kappa shape index (κ1) is 23.9. The lowest BCUT2D eigenvalue weighted by Gasteiger charge is -2.44. The summed E-state index contributed by atoms with van der Waals surface area (Å²) in [5.41, 5.74) is 1.98. The number of H-pyrrole nitrogens is 1. The molecule has 0 aliphatic carbocycles. The van der Waals surface area contributed by atoms with Crippen LogP contribution in [0.15, 0.2) is 60.7 Å². The van der Waals surface area contributed by atoms with Gasteiger partial charge < -0.3 is 25.6 Å². The molecule has 2 saturated heterocycles. The minimum absolute atomic E-state index is 0.227. The van der Waals surface area contributed by atoms with E-state index in [9.17, 15) is 24.3 Å². The number of rotatable bonds is 7. The Labute approximate surface area is 211 Å². The largest absolute Gasteiger partial charge is 0.480 e. The van der Waals surface area contributed by atoms with Crippen molar-refractivity contribution in [3.63, 3.8) is 0 Å². The molecule has 2 aliphatic rings. The Morgan fingerprint density at radius 1 is 1.11 bits per heavy atom. The highest BCUT2D eigenvalue weighted by Gasteiger charge is 2.64. The second-order valence-electron chi connectivity index (χ2n) is 9.57. The average molecular weight is 507 g/mol. The number of aliphatic carboxylic acids is 1. The summed E-state index contributed by atoms with van der Waals surface area (Å²) in [5, 5.41) is 15.6. The van der Waals surface area contributed by atoms with Gasteiger partial charge in [-0.25, -0.2) is 4.79 Å². The van der Waals surface area contributed by atoms with Crippen LogP contribution in [-0.2, 0) is 20.8 Å². The van der Waals surface area contributed by atoms with Gasteiger partial charge in [0.1, 0.15) is 29.2 Å². The van der Waals surface area contributed by atoms with Crippen molar-refractivity contribution in [2.75, 3.05) is 0 Å². The Hall–Kier alpha value is -3.79. The van der Waals surface area contributed by atoms with Gasteiger partial charge >= 0.3 is 5.97 Å². The van der Waals surface area contributed by atoms with Crippen LogP contribution in [0.3, 0.4) is 0 Å². The van der Waals surface area contributed by atoms with Crippen LogP contribution in [0.4, 0.5) is 0 Å². The van der Waals surface area contributed by atoms with Crippen LogP contribution < -0.4 is 10.6 Å². The summed E-state index contributed by atoms with van der Waals surface area (Å²) >= 11 is 1.35. The maximum absolute atomic E-state index is 13.4. The molecular formula is C26H26N4O5S. The molecule has 9 nitrogen and oxygen atoms in total. The molecule has 0 unspecified atom stereocenters. The number of para-hydroxylation sites is 1. The number of β-lactam (4-membered cyclic amide) rings is 1. The summed E-state index contributed by atoms with van der Waals surface area (Å²) in [6.07, 6.45) is 0.227. The van der Waals surface area contributed by atoms with E-state index in [1.165, 1.54) is 16.7 Å². The van der Waals surface area contributed by atoms with Crippen molar-refractivity contribution in [3.8, 4) is 0 Å². The van der Waals surface area contributed by atoms with Crippen molar-refractivity contribution in [2.45, 2.75) is 48.5 Å². The third kappa shape index (κ3) is 4.21. The molecule has 3 heterocycles. The van der Waals surface area contributed by atoms with Gasteiger partial charge in [0.25, 0.3) is 5.91 Å². The summed E-state index contributed by atoms with van der Waals surface area (Å²) in [6, 6.07) is 15.7. The normalized spacial score (nSPS) is 23.0. The number of benzene rings is 2. The fourth-order valence-electron chi connectivity index (χ4n) is 4.89. The van der Waals surface area contributed by atoms with E-state index in [2.05, 4.69) is 15.6 Å². The number of aromatic nitrogens is 1. The van der Waals surface area contributed by atoms with Crippen molar-refractivity contribution < 1.29 is 24.3 Å². The van der Waals surface area contributed by atoms with E-state index in [1.54, 1.807) is 19.9 Å². The minimum atomic E-state index is -1.07. The predicted molar refractivity (Wildman–Crippen MR) is 135 cm³/mol. The van der Waals surface area contributed by atoms with E-state index in [0.29, 0.717) is 5.69 Å². The smallest absolute Gasteiger partial charge is 0.327 e. The van der Waals surface area contributed by atoms with Crippen molar-refractivity contribution in [3.05, 3.63) is 71.9 Å². The van der Waals surface area contributed by atoms with Crippen LogP contribution in [0.1, 0.15) is 29.9 Å². The summed E-state index contributed by atoms with van der Waals surface area (Å²) in [6.45, 7) is 3.55. The maximum atomic E-state index is 13.4. The number of amides is 3. The fraction of sp³-hybridized carbons (Fsp3) is 0.308. The molecule has 3 aromatic rings. The van der Waals surface area contributed by atoms with Crippen molar-refractivity contribution in [2.24, 2.45) is 0 Å². The fourth-order valence-corrected chi connectivity index (χ4v) is 6.52. The predicted octanol–water partition coefficient (Wildman–Crippen LogP) is 2.14. The molecule has 36 heavy (non-hydrogen) atoms. The SMILES string of the molecule is CC1(C)S[C@@H]2[C@H](NC(=O)[C@H](Cc3ccccc3)NC(=O)c3cc4ccccc4[nH]3)C(=O)N2[C@H]1C(=O)O. The van der Waals surface area contributed by atoms with Crippen molar-refractivity contribution >= 4 is 46.4 Å². The van der Waals surface area contributed by atoms with Gasteiger partial charge in [-0.05, 0) is 31.5 Å². The third-order valence-electron chi connectivity index (χ3n) is 6.65. The molecule has 0 bridgehead atoms. The lowest BCUT2D eigenvalue weighted by atomic mass is 9.95. The summed E-state index contributed by atoms with van der Waals surface area (Å²) in [4.78, 5) is 55.4. The number of hydrogen-bond acceptors (Lipinski definition) is 5. The number of hydrogen-bond donors (Lipinski definition) is 4. The lowest BCUT2D eigenvalue weighted by molar-refractivity contribution is -0.161. The van der Waals surface area contributed by atoms with Crippen molar-refractivity contribution in [1.82, 2.24) is 20.5 Å². The number of carbonyl (C=O) groups is 4. The maximum Gasteiger partial charge on any atom is 0.327 e. The van der Waals surface area contributed by atoms with Crippen molar-refractivity contribution in [1.29, 1.82) is 0 Å². The highest BCUT2D eigenvalue weighted by molar-refractivity contribution is 8.01. The van der Waals surface area contributed by atoms with Crippen LogP contribution in [0.5, 0.6) is 0 Å². The van der Waals surface area contributed by atoms with E-state index in [1.807, 2.05) is 54.6 Å². The van der Waals surface area contributed by atoms with Gasteiger partial charge in [0.05, 0.1) is 0 Å². The number of carboxylic acid groups (broad SMARTS) is 1. The zero-order chi connectivity index (χ0) is 25.6. The molecule has 4 atom stereocenters. The summed E-state index contributed by atoms with van der Waals surface area (Å²) < 4.78 is -0.696. The van der Waals surface area contributed by atoms with Gasteiger partial charge in [0.2, 0.25) is 11.8 Å². The molecule has 1 aromatic heterocycles. The van der Waals surface area contributed by atoms with E-state index in [0.717, 1.165) is 16.5 Å². The Balaban J connectivity index is 1.34. The molecule has 2 aromatic carbocycles. The summed E-state index contributed by atoms with van der Waals surface area (Å²) in [5.74, 6) is -2.44. The van der Waals surface area contributed by atoms with Crippen LogP contribution in [0, 0.1) is 0 Å². The highest BCUT2D eigenvalue weighted by atomic mass is 32.2. The van der Waals surface area contributed by atoms with Gasteiger partial charge in [-0.1, -0.05) is 48.5 Å². The van der Waals surface area contributed by atoms with E-state index in [-0.39, 0.29) is 6.42 Å².